The van der Waals surface area contributed by atoms with Crippen LogP contribution in [0.3, 0.4) is 0 Å². The monoisotopic (exact) mass is 315 g/mol. The first-order valence-electron chi connectivity index (χ1n) is 8.81. The molecular weight excluding hydrogens is 278 g/mol. The topological polar surface area (TPSA) is 29.5 Å². The average Bonchev–Trinajstić information content (AvgIpc) is 2.42. The maximum atomic E-state index is 11.8. The first kappa shape index (κ1) is 20.6. The first-order valence-corrected chi connectivity index (χ1v) is 11.9. The summed E-state index contributed by atoms with van der Waals surface area (Å²) in [6, 6.07) is 1.25. The van der Waals surface area contributed by atoms with Crippen molar-refractivity contribution in [1.29, 1.82) is 0 Å². The highest BCUT2D eigenvalue weighted by Crippen LogP contribution is 2.17. The van der Waals surface area contributed by atoms with Gasteiger partial charge in [-0.05, 0) is 38.4 Å². The lowest BCUT2D eigenvalue weighted by molar-refractivity contribution is -0.130. The van der Waals surface area contributed by atoms with E-state index in [4.69, 9.17) is 4.43 Å². The van der Waals surface area contributed by atoms with Crippen molar-refractivity contribution in [3.63, 3.8) is 0 Å². The third-order valence-electron chi connectivity index (χ3n) is 3.89. The second-order valence-electron chi connectivity index (χ2n) is 6.69. The summed E-state index contributed by atoms with van der Waals surface area (Å²) in [4.78, 5) is 13.6. The lowest BCUT2D eigenvalue weighted by Gasteiger charge is -2.22. The molecule has 0 unspecified atom stereocenters. The Hall–Kier alpha value is -0.353. The molecule has 0 aromatic rings. The number of rotatable bonds is 13. The van der Waals surface area contributed by atoms with Crippen LogP contribution >= 0.6 is 0 Å². The van der Waals surface area contributed by atoms with Crippen LogP contribution in [0.15, 0.2) is 0 Å². The molecule has 0 bridgehead atoms. The minimum Gasteiger partial charge on any atom is -0.417 e. The van der Waals surface area contributed by atoms with E-state index in [1.165, 1.54) is 38.1 Å². The summed E-state index contributed by atoms with van der Waals surface area (Å²) in [7, 11) is 0.484. The van der Waals surface area contributed by atoms with Gasteiger partial charge in [-0.3, -0.25) is 4.79 Å². The van der Waals surface area contributed by atoms with Crippen LogP contribution in [0.2, 0.25) is 19.1 Å². The van der Waals surface area contributed by atoms with Crippen molar-refractivity contribution < 1.29 is 9.22 Å². The van der Waals surface area contributed by atoms with Gasteiger partial charge in [0.2, 0.25) is 5.91 Å². The van der Waals surface area contributed by atoms with E-state index in [0.717, 1.165) is 26.0 Å². The Labute approximate surface area is 133 Å². The van der Waals surface area contributed by atoms with Crippen molar-refractivity contribution in [3.8, 4) is 0 Å². The zero-order valence-electron chi connectivity index (χ0n) is 15.0. The van der Waals surface area contributed by atoms with E-state index < -0.39 is 8.32 Å². The smallest absolute Gasteiger partial charge is 0.222 e. The molecule has 0 radical (unpaired) electrons. The third-order valence-corrected chi connectivity index (χ3v) is 6.44. The summed E-state index contributed by atoms with van der Waals surface area (Å²) in [5.41, 5.74) is 0. The second kappa shape index (κ2) is 12.2. The highest BCUT2D eigenvalue weighted by Gasteiger charge is 2.21. The molecule has 21 heavy (non-hydrogen) atoms. The molecule has 0 atom stereocenters. The molecule has 0 aromatic heterocycles. The van der Waals surface area contributed by atoms with Gasteiger partial charge in [-0.1, -0.05) is 39.5 Å². The Morgan fingerprint density at radius 2 is 1.67 bits per heavy atom. The van der Waals surface area contributed by atoms with Crippen LogP contribution < -0.4 is 0 Å². The molecule has 0 aromatic carbocycles. The Morgan fingerprint density at radius 3 is 2.29 bits per heavy atom. The molecule has 0 N–H and O–H groups in total. The number of amides is 1. The fraction of sp³-hybridized carbons (Fsp3) is 0.941. The highest BCUT2D eigenvalue weighted by molar-refractivity contribution is 6.71. The number of carbonyl (C=O) groups excluding carboxylic acids is 1. The molecule has 126 valence electrons. The number of unbranched alkanes of at least 4 members (excludes halogenated alkanes) is 4. The van der Waals surface area contributed by atoms with Crippen LogP contribution in [0, 0.1) is 0 Å². The summed E-state index contributed by atoms with van der Waals surface area (Å²) in [6.45, 7) is 10.8. The number of hydrogen-bond acceptors (Lipinski definition) is 2. The van der Waals surface area contributed by atoms with Gasteiger partial charge in [0.1, 0.15) is 0 Å². The SMILES string of the molecule is CCCCO[Si](C)(C)CCCCCCC(=O)N(C)CCC. The van der Waals surface area contributed by atoms with E-state index in [0.29, 0.717) is 12.3 Å². The summed E-state index contributed by atoms with van der Waals surface area (Å²) in [6.07, 6.45) is 8.85. The van der Waals surface area contributed by atoms with Gasteiger partial charge in [-0.15, -0.1) is 0 Å². The Kier molecular flexibility index (Phi) is 12.0. The van der Waals surface area contributed by atoms with Crippen LogP contribution in [0.25, 0.3) is 0 Å². The van der Waals surface area contributed by atoms with Crippen molar-refractivity contribution in [3.05, 3.63) is 0 Å². The Morgan fingerprint density at radius 1 is 1.00 bits per heavy atom. The van der Waals surface area contributed by atoms with Gasteiger partial charge >= 0.3 is 0 Å². The van der Waals surface area contributed by atoms with Gasteiger partial charge in [0, 0.05) is 26.6 Å². The van der Waals surface area contributed by atoms with Gasteiger partial charge in [-0.2, -0.15) is 0 Å². The molecular formula is C17H37NO2Si. The zero-order chi connectivity index (χ0) is 16.1. The van der Waals surface area contributed by atoms with Gasteiger partial charge < -0.3 is 9.33 Å². The summed E-state index contributed by atoms with van der Waals surface area (Å²) < 4.78 is 6.05. The largest absolute Gasteiger partial charge is 0.417 e. The van der Waals surface area contributed by atoms with Crippen LogP contribution in [-0.4, -0.2) is 39.3 Å². The Balaban J connectivity index is 3.56. The molecule has 0 heterocycles. The summed E-state index contributed by atoms with van der Waals surface area (Å²) >= 11 is 0. The van der Waals surface area contributed by atoms with Crippen LogP contribution in [0.1, 0.15) is 65.2 Å². The first-order chi connectivity index (χ1) is 9.93. The van der Waals surface area contributed by atoms with Crippen molar-refractivity contribution in [2.24, 2.45) is 0 Å². The average molecular weight is 316 g/mol. The van der Waals surface area contributed by atoms with Gasteiger partial charge in [0.15, 0.2) is 8.32 Å². The molecule has 0 fully saturated rings. The van der Waals surface area contributed by atoms with E-state index in [-0.39, 0.29) is 0 Å². The van der Waals surface area contributed by atoms with Crippen LogP contribution in [0.4, 0.5) is 0 Å². The maximum absolute atomic E-state index is 11.8. The molecule has 0 aliphatic carbocycles. The van der Waals surface area contributed by atoms with Crippen molar-refractivity contribution in [1.82, 2.24) is 4.90 Å². The predicted molar refractivity (Wildman–Crippen MR) is 94.2 cm³/mol. The second-order valence-corrected chi connectivity index (χ2v) is 11.0. The molecule has 4 heteroatoms. The zero-order valence-corrected chi connectivity index (χ0v) is 16.0. The van der Waals surface area contributed by atoms with Gasteiger partial charge in [0.05, 0.1) is 0 Å². The van der Waals surface area contributed by atoms with Gasteiger partial charge in [0.25, 0.3) is 0 Å². The van der Waals surface area contributed by atoms with E-state index in [9.17, 15) is 4.79 Å². The van der Waals surface area contributed by atoms with E-state index in [1.54, 1.807) is 0 Å². The van der Waals surface area contributed by atoms with Gasteiger partial charge in [-0.25, -0.2) is 0 Å². The lowest BCUT2D eigenvalue weighted by atomic mass is 10.1. The molecule has 1 amide bonds. The minimum absolute atomic E-state index is 0.300. The quantitative estimate of drug-likeness (QED) is 0.360. The molecule has 0 aliphatic heterocycles. The number of nitrogens with zero attached hydrogens (tertiary/aromatic N) is 1. The summed E-state index contributed by atoms with van der Waals surface area (Å²) in [5, 5.41) is 0. The number of carbonyl (C=O) groups is 1. The molecule has 0 saturated carbocycles. The molecule has 0 rings (SSSR count). The minimum atomic E-state index is -1.43. The third kappa shape index (κ3) is 11.9. The van der Waals surface area contributed by atoms with Crippen molar-refractivity contribution in [2.45, 2.75) is 84.4 Å². The van der Waals surface area contributed by atoms with Crippen molar-refractivity contribution >= 4 is 14.2 Å². The highest BCUT2D eigenvalue weighted by atomic mass is 28.4. The Bertz CT molecular complexity index is 270. The fourth-order valence-corrected chi connectivity index (χ4v) is 4.34. The normalized spacial score (nSPS) is 11.7. The molecule has 0 spiro atoms. The molecule has 0 saturated heterocycles. The standard InChI is InChI=1S/C17H37NO2Si/c1-6-8-15-20-21(4,5)16-12-10-9-11-13-17(19)18(3)14-7-2/h6-16H2,1-5H3. The maximum Gasteiger partial charge on any atom is 0.222 e. The number of hydrogen-bond donors (Lipinski definition) is 0. The predicted octanol–water partition coefficient (Wildman–Crippen LogP) is 4.83. The van der Waals surface area contributed by atoms with Crippen molar-refractivity contribution in [2.75, 3.05) is 20.2 Å². The van der Waals surface area contributed by atoms with E-state index >= 15 is 0 Å². The fourth-order valence-electron chi connectivity index (χ4n) is 2.40. The van der Waals surface area contributed by atoms with Crippen LogP contribution in [-0.2, 0) is 9.22 Å². The van der Waals surface area contributed by atoms with E-state index in [1.807, 2.05) is 11.9 Å². The molecule has 0 aliphatic rings. The van der Waals surface area contributed by atoms with Crippen LogP contribution in [0.5, 0.6) is 0 Å². The summed E-state index contributed by atoms with van der Waals surface area (Å²) in [5.74, 6) is 0.300. The van der Waals surface area contributed by atoms with E-state index in [2.05, 4.69) is 26.9 Å². The molecule has 3 nitrogen and oxygen atoms in total. The lowest BCUT2D eigenvalue weighted by Crippen LogP contribution is -2.30.